The van der Waals surface area contributed by atoms with Crippen molar-refractivity contribution in [2.75, 3.05) is 6.61 Å². The van der Waals surface area contributed by atoms with Crippen LogP contribution in [0.4, 0.5) is 0 Å². The van der Waals surface area contributed by atoms with Gasteiger partial charge in [-0.2, -0.15) is 0 Å². The number of nitrogens with zero attached hydrogens (tertiary/aromatic N) is 1. The van der Waals surface area contributed by atoms with E-state index in [4.69, 9.17) is 10.5 Å². The fourth-order valence-corrected chi connectivity index (χ4v) is 1.15. The summed E-state index contributed by atoms with van der Waals surface area (Å²) in [5.74, 6) is -0.269. The van der Waals surface area contributed by atoms with Crippen molar-refractivity contribution < 1.29 is 9.53 Å². The molecule has 0 spiro atoms. The van der Waals surface area contributed by atoms with Crippen LogP contribution in [0.2, 0.25) is 0 Å². The number of rotatable bonds is 5. The summed E-state index contributed by atoms with van der Waals surface area (Å²) >= 11 is 0. The summed E-state index contributed by atoms with van der Waals surface area (Å²) in [6.45, 7) is 2.40. The Labute approximate surface area is 89.5 Å². The number of carbonyl (C=O) groups is 1. The number of nitrogens with two attached hydrogens (primary N) is 1. The van der Waals surface area contributed by atoms with E-state index < -0.39 is 0 Å². The summed E-state index contributed by atoms with van der Waals surface area (Å²) in [4.78, 5) is 15.3. The molecule has 4 heteroatoms. The van der Waals surface area contributed by atoms with Crippen molar-refractivity contribution >= 4 is 5.97 Å². The number of hydrogen-bond acceptors (Lipinski definition) is 4. The van der Waals surface area contributed by atoms with E-state index in [1.54, 1.807) is 12.3 Å². The van der Waals surface area contributed by atoms with Gasteiger partial charge in [0.2, 0.25) is 0 Å². The Hall–Kier alpha value is -1.42. The SMILES string of the molecule is CCCOC(=O)CC(N)c1ccccn1. The van der Waals surface area contributed by atoms with Crippen molar-refractivity contribution in [3.8, 4) is 0 Å². The minimum atomic E-state index is -0.379. The highest BCUT2D eigenvalue weighted by Gasteiger charge is 2.12. The number of ether oxygens (including phenoxy) is 1. The van der Waals surface area contributed by atoms with Gasteiger partial charge in [0, 0.05) is 6.20 Å². The molecule has 0 aliphatic heterocycles. The molecular weight excluding hydrogens is 192 g/mol. The zero-order valence-corrected chi connectivity index (χ0v) is 8.85. The Morgan fingerprint density at radius 3 is 3.00 bits per heavy atom. The summed E-state index contributed by atoms with van der Waals surface area (Å²) < 4.78 is 4.94. The first kappa shape index (κ1) is 11.7. The smallest absolute Gasteiger partial charge is 0.307 e. The lowest BCUT2D eigenvalue weighted by Crippen LogP contribution is -2.18. The summed E-state index contributed by atoms with van der Waals surface area (Å²) in [5.41, 5.74) is 6.52. The van der Waals surface area contributed by atoms with Gasteiger partial charge in [-0.25, -0.2) is 0 Å². The molecule has 4 nitrogen and oxygen atoms in total. The van der Waals surface area contributed by atoms with Crippen molar-refractivity contribution in [3.63, 3.8) is 0 Å². The fourth-order valence-electron chi connectivity index (χ4n) is 1.15. The highest BCUT2D eigenvalue weighted by Crippen LogP contribution is 2.10. The molecule has 0 bridgehead atoms. The Balaban J connectivity index is 2.42. The third-order valence-electron chi connectivity index (χ3n) is 1.92. The van der Waals surface area contributed by atoms with Crippen molar-refractivity contribution in [3.05, 3.63) is 30.1 Å². The van der Waals surface area contributed by atoms with Gasteiger partial charge in [0.15, 0.2) is 0 Å². The second kappa shape index (κ2) is 6.14. The molecule has 1 aromatic rings. The van der Waals surface area contributed by atoms with Crippen LogP contribution in [0.5, 0.6) is 0 Å². The monoisotopic (exact) mass is 208 g/mol. The van der Waals surface area contributed by atoms with Crippen molar-refractivity contribution in [1.82, 2.24) is 4.98 Å². The Morgan fingerprint density at radius 2 is 2.40 bits per heavy atom. The van der Waals surface area contributed by atoms with Gasteiger partial charge in [0.1, 0.15) is 0 Å². The molecule has 1 unspecified atom stereocenters. The topological polar surface area (TPSA) is 65.2 Å². The number of aromatic nitrogens is 1. The van der Waals surface area contributed by atoms with Gasteiger partial charge in [-0.3, -0.25) is 9.78 Å². The molecule has 0 aliphatic carbocycles. The number of hydrogen-bond donors (Lipinski definition) is 1. The maximum absolute atomic E-state index is 11.3. The Kier molecular flexibility index (Phi) is 4.77. The molecule has 82 valence electrons. The first-order chi connectivity index (χ1) is 7.24. The normalized spacial score (nSPS) is 12.1. The number of esters is 1. The van der Waals surface area contributed by atoms with Crippen LogP contribution in [-0.4, -0.2) is 17.6 Å². The fraction of sp³-hybridized carbons (Fsp3) is 0.455. The second-order valence-corrected chi connectivity index (χ2v) is 3.29. The van der Waals surface area contributed by atoms with Gasteiger partial charge in [0.25, 0.3) is 0 Å². The number of carbonyl (C=O) groups excluding carboxylic acids is 1. The van der Waals surface area contributed by atoms with E-state index >= 15 is 0 Å². The van der Waals surface area contributed by atoms with Crippen LogP contribution in [-0.2, 0) is 9.53 Å². The molecular formula is C11H16N2O2. The average molecular weight is 208 g/mol. The minimum absolute atomic E-state index is 0.178. The standard InChI is InChI=1S/C11H16N2O2/c1-2-7-15-11(14)8-9(12)10-5-3-4-6-13-10/h3-6,9H,2,7-8,12H2,1H3. The van der Waals surface area contributed by atoms with Crippen LogP contribution < -0.4 is 5.73 Å². The van der Waals surface area contributed by atoms with Crippen molar-refractivity contribution in [2.45, 2.75) is 25.8 Å². The van der Waals surface area contributed by atoms with Crippen LogP contribution in [0.25, 0.3) is 0 Å². The first-order valence-electron chi connectivity index (χ1n) is 5.06. The molecule has 0 radical (unpaired) electrons. The van der Waals surface area contributed by atoms with E-state index in [0.29, 0.717) is 12.3 Å². The van der Waals surface area contributed by atoms with Crippen molar-refractivity contribution in [1.29, 1.82) is 0 Å². The summed E-state index contributed by atoms with van der Waals surface area (Å²) in [6, 6.07) is 5.08. The molecule has 2 N–H and O–H groups in total. The average Bonchev–Trinajstić information content (AvgIpc) is 2.27. The van der Waals surface area contributed by atoms with E-state index in [2.05, 4.69) is 4.98 Å². The lowest BCUT2D eigenvalue weighted by molar-refractivity contribution is -0.144. The van der Waals surface area contributed by atoms with Crippen LogP contribution in [0.1, 0.15) is 31.5 Å². The minimum Gasteiger partial charge on any atom is -0.466 e. The van der Waals surface area contributed by atoms with Crippen LogP contribution >= 0.6 is 0 Å². The maximum atomic E-state index is 11.3. The molecule has 1 rings (SSSR count). The summed E-state index contributed by atoms with van der Waals surface area (Å²) in [7, 11) is 0. The van der Waals surface area contributed by atoms with Gasteiger partial charge in [0.05, 0.1) is 24.8 Å². The van der Waals surface area contributed by atoms with Gasteiger partial charge in [-0.1, -0.05) is 13.0 Å². The molecule has 1 aromatic heterocycles. The molecule has 0 aromatic carbocycles. The van der Waals surface area contributed by atoms with Crippen LogP contribution in [0.3, 0.4) is 0 Å². The quantitative estimate of drug-likeness (QED) is 0.743. The van der Waals surface area contributed by atoms with Gasteiger partial charge < -0.3 is 10.5 Å². The third kappa shape index (κ3) is 4.08. The van der Waals surface area contributed by atoms with E-state index in [9.17, 15) is 4.79 Å². The maximum Gasteiger partial charge on any atom is 0.307 e. The van der Waals surface area contributed by atoms with Crippen LogP contribution in [0.15, 0.2) is 24.4 Å². The summed E-state index contributed by atoms with van der Waals surface area (Å²) in [6.07, 6.45) is 2.66. The van der Waals surface area contributed by atoms with E-state index in [0.717, 1.165) is 6.42 Å². The van der Waals surface area contributed by atoms with Gasteiger partial charge in [-0.15, -0.1) is 0 Å². The van der Waals surface area contributed by atoms with Gasteiger partial charge in [-0.05, 0) is 18.6 Å². The van der Waals surface area contributed by atoms with Gasteiger partial charge >= 0.3 is 5.97 Å². The second-order valence-electron chi connectivity index (χ2n) is 3.29. The highest BCUT2D eigenvalue weighted by atomic mass is 16.5. The van der Waals surface area contributed by atoms with E-state index in [1.807, 2.05) is 19.1 Å². The lowest BCUT2D eigenvalue weighted by Gasteiger charge is -2.09. The molecule has 1 atom stereocenters. The largest absolute Gasteiger partial charge is 0.466 e. The predicted molar refractivity (Wildman–Crippen MR) is 57.0 cm³/mol. The van der Waals surface area contributed by atoms with E-state index in [-0.39, 0.29) is 18.4 Å². The number of pyridine rings is 1. The third-order valence-corrected chi connectivity index (χ3v) is 1.92. The summed E-state index contributed by atoms with van der Waals surface area (Å²) in [5, 5.41) is 0. The van der Waals surface area contributed by atoms with E-state index in [1.165, 1.54) is 0 Å². The van der Waals surface area contributed by atoms with Crippen molar-refractivity contribution in [2.24, 2.45) is 5.73 Å². The van der Waals surface area contributed by atoms with Crippen LogP contribution in [0, 0.1) is 0 Å². The Morgan fingerprint density at radius 1 is 1.60 bits per heavy atom. The molecule has 0 saturated heterocycles. The molecule has 0 fully saturated rings. The first-order valence-corrected chi connectivity index (χ1v) is 5.06. The molecule has 1 heterocycles. The molecule has 0 amide bonds. The highest BCUT2D eigenvalue weighted by molar-refractivity contribution is 5.70. The lowest BCUT2D eigenvalue weighted by atomic mass is 10.1. The zero-order chi connectivity index (χ0) is 11.1. The molecule has 15 heavy (non-hydrogen) atoms. The molecule has 0 saturated carbocycles. The zero-order valence-electron chi connectivity index (χ0n) is 8.85. The molecule has 0 aliphatic rings. The Bertz CT molecular complexity index is 301. The predicted octanol–water partition coefficient (Wildman–Crippen LogP) is 1.42.